The predicted molar refractivity (Wildman–Crippen MR) is 100 cm³/mol. The molecule has 0 saturated heterocycles. The second-order valence-corrected chi connectivity index (χ2v) is 7.72. The number of hydrogen-bond acceptors (Lipinski definition) is 5. The fraction of sp³-hybridized carbons (Fsp3) is 0.294. The normalized spacial score (nSPS) is 11.1. The van der Waals surface area contributed by atoms with Crippen molar-refractivity contribution in [2.24, 2.45) is 0 Å². The van der Waals surface area contributed by atoms with Gasteiger partial charge in [-0.3, -0.25) is 4.31 Å². The van der Waals surface area contributed by atoms with Crippen LogP contribution in [0.25, 0.3) is 0 Å². The largest absolute Gasteiger partial charge is 0.497 e. The molecule has 0 unspecified atom stereocenters. The number of methoxy groups -OCH3 is 3. The summed E-state index contributed by atoms with van der Waals surface area (Å²) in [5.41, 5.74) is 0.413. The van der Waals surface area contributed by atoms with E-state index in [-0.39, 0.29) is 11.4 Å². The number of anilines is 1. The molecule has 25 heavy (non-hydrogen) atoms. The summed E-state index contributed by atoms with van der Waals surface area (Å²) in [5.74, 6) is 1.54. The molecule has 0 N–H and O–H groups in total. The van der Waals surface area contributed by atoms with Crippen molar-refractivity contribution in [3.8, 4) is 17.2 Å². The van der Waals surface area contributed by atoms with Gasteiger partial charge in [0.15, 0.2) is 0 Å². The van der Waals surface area contributed by atoms with Crippen LogP contribution >= 0.6 is 15.9 Å². The minimum absolute atomic E-state index is 0.145. The van der Waals surface area contributed by atoms with Gasteiger partial charge in [-0.25, -0.2) is 8.42 Å². The summed E-state index contributed by atoms with van der Waals surface area (Å²) >= 11 is 3.33. The van der Waals surface area contributed by atoms with Crippen LogP contribution in [0, 0.1) is 0 Å². The van der Waals surface area contributed by atoms with Gasteiger partial charge < -0.3 is 14.2 Å². The summed E-state index contributed by atoms with van der Waals surface area (Å²) in [5, 5.41) is 0. The minimum atomic E-state index is -3.80. The Morgan fingerprint density at radius 2 is 1.60 bits per heavy atom. The zero-order valence-corrected chi connectivity index (χ0v) is 16.8. The number of nitrogens with zero attached hydrogens (tertiary/aromatic N) is 1. The van der Waals surface area contributed by atoms with E-state index in [9.17, 15) is 8.42 Å². The Balaban J connectivity index is 2.58. The van der Waals surface area contributed by atoms with Crippen LogP contribution in [0.4, 0.5) is 5.69 Å². The molecule has 136 valence electrons. The van der Waals surface area contributed by atoms with Crippen LogP contribution in [0.2, 0.25) is 0 Å². The molecule has 0 aromatic heterocycles. The lowest BCUT2D eigenvalue weighted by Gasteiger charge is -2.25. The van der Waals surface area contributed by atoms with Crippen molar-refractivity contribution in [3.63, 3.8) is 0 Å². The first-order valence-corrected chi connectivity index (χ1v) is 9.70. The van der Waals surface area contributed by atoms with Gasteiger partial charge in [-0.15, -0.1) is 0 Å². The van der Waals surface area contributed by atoms with Crippen LogP contribution in [0.5, 0.6) is 17.2 Å². The monoisotopic (exact) mass is 429 g/mol. The van der Waals surface area contributed by atoms with Crippen LogP contribution < -0.4 is 18.5 Å². The van der Waals surface area contributed by atoms with Crippen molar-refractivity contribution in [1.82, 2.24) is 0 Å². The summed E-state index contributed by atoms with van der Waals surface area (Å²) in [7, 11) is 0.745. The van der Waals surface area contributed by atoms with Crippen molar-refractivity contribution < 1.29 is 22.6 Å². The van der Waals surface area contributed by atoms with E-state index in [2.05, 4.69) is 15.9 Å². The summed E-state index contributed by atoms with van der Waals surface area (Å²) < 4.78 is 43.8. The number of benzene rings is 2. The van der Waals surface area contributed by atoms with Crippen molar-refractivity contribution >= 4 is 31.6 Å². The molecule has 0 heterocycles. The summed E-state index contributed by atoms with van der Waals surface area (Å²) in [4.78, 5) is 0.145. The first-order valence-electron chi connectivity index (χ1n) is 7.47. The van der Waals surface area contributed by atoms with Gasteiger partial charge in [0.1, 0.15) is 17.2 Å². The molecule has 6 nitrogen and oxygen atoms in total. The SMILES string of the molecule is CCN(c1cc(OC)ccc1OC)S(=O)(=O)c1ccc(OC)c(Br)c1. The maximum absolute atomic E-state index is 13.2. The molecule has 0 amide bonds. The maximum atomic E-state index is 13.2. The number of ether oxygens (including phenoxy) is 3. The summed E-state index contributed by atoms with van der Waals surface area (Å²) in [6.07, 6.45) is 0. The van der Waals surface area contributed by atoms with E-state index in [1.807, 2.05) is 0 Å². The zero-order chi connectivity index (χ0) is 18.6. The first-order chi connectivity index (χ1) is 11.9. The van der Waals surface area contributed by atoms with E-state index in [0.29, 0.717) is 27.4 Å². The van der Waals surface area contributed by atoms with Crippen LogP contribution in [0.15, 0.2) is 45.8 Å². The molecule has 2 aromatic rings. The predicted octanol–water partition coefficient (Wildman–Crippen LogP) is 3.69. The molecule has 0 radical (unpaired) electrons. The Bertz CT molecular complexity index is 854. The van der Waals surface area contributed by atoms with E-state index < -0.39 is 10.0 Å². The third-order valence-electron chi connectivity index (χ3n) is 3.65. The molecule has 0 fully saturated rings. The van der Waals surface area contributed by atoms with Crippen LogP contribution in [-0.2, 0) is 10.0 Å². The molecule has 0 atom stereocenters. The van der Waals surface area contributed by atoms with Gasteiger partial charge >= 0.3 is 0 Å². The van der Waals surface area contributed by atoms with Crippen molar-refractivity contribution in [3.05, 3.63) is 40.9 Å². The molecular formula is C17H20BrNO5S. The Labute approximate surface area is 156 Å². The second kappa shape index (κ2) is 7.97. The topological polar surface area (TPSA) is 65.1 Å². The van der Waals surface area contributed by atoms with Gasteiger partial charge in [-0.05, 0) is 53.2 Å². The molecule has 0 bridgehead atoms. The molecule has 2 aromatic carbocycles. The minimum Gasteiger partial charge on any atom is -0.497 e. The average molecular weight is 430 g/mol. The van der Waals surface area contributed by atoms with Crippen LogP contribution in [0.1, 0.15) is 6.92 Å². The van der Waals surface area contributed by atoms with Crippen LogP contribution in [0.3, 0.4) is 0 Å². The number of sulfonamides is 1. The average Bonchev–Trinajstić information content (AvgIpc) is 2.61. The fourth-order valence-corrected chi connectivity index (χ4v) is 4.59. The summed E-state index contributed by atoms with van der Waals surface area (Å²) in [6.45, 7) is 1.99. The standard InChI is InChI=1S/C17H20BrNO5S/c1-5-19(15-10-12(22-2)6-8-17(15)24-4)25(20,21)13-7-9-16(23-3)14(18)11-13/h6-11H,5H2,1-4H3. The van der Waals surface area contributed by atoms with E-state index in [0.717, 1.165) is 0 Å². The van der Waals surface area contributed by atoms with Gasteiger partial charge in [0.05, 0.1) is 36.4 Å². The smallest absolute Gasteiger partial charge is 0.264 e. The Hall–Kier alpha value is -1.93. The highest BCUT2D eigenvalue weighted by Crippen LogP contribution is 2.36. The summed E-state index contributed by atoms with van der Waals surface area (Å²) in [6, 6.07) is 9.66. The van der Waals surface area contributed by atoms with E-state index in [1.54, 1.807) is 31.2 Å². The molecule has 0 aliphatic rings. The molecular weight excluding hydrogens is 410 g/mol. The van der Waals surface area contributed by atoms with Crippen molar-refractivity contribution in [1.29, 1.82) is 0 Å². The zero-order valence-electron chi connectivity index (χ0n) is 14.4. The van der Waals surface area contributed by atoms with Gasteiger partial charge in [0.25, 0.3) is 10.0 Å². The highest BCUT2D eigenvalue weighted by molar-refractivity contribution is 9.10. The Morgan fingerprint density at radius 1 is 0.960 bits per heavy atom. The van der Waals surface area contributed by atoms with Crippen molar-refractivity contribution in [2.45, 2.75) is 11.8 Å². The lowest BCUT2D eigenvalue weighted by molar-refractivity contribution is 0.404. The molecule has 2 rings (SSSR count). The van der Waals surface area contributed by atoms with E-state index in [1.165, 1.54) is 37.8 Å². The molecule has 0 spiro atoms. The number of halogens is 1. The molecule has 0 aliphatic carbocycles. The Kier molecular flexibility index (Phi) is 6.18. The number of hydrogen-bond donors (Lipinski definition) is 0. The van der Waals surface area contributed by atoms with E-state index in [4.69, 9.17) is 14.2 Å². The second-order valence-electron chi connectivity index (χ2n) is 5.00. The van der Waals surface area contributed by atoms with Crippen molar-refractivity contribution in [2.75, 3.05) is 32.2 Å². The van der Waals surface area contributed by atoms with Crippen LogP contribution in [-0.4, -0.2) is 36.3 Å². The molecule has 0 saturated carbocycles. The lowest BCUT2D eigenvalue weighted by Crippen LogP contribution is -2.31. The third-order valence-corrected chi connectivity index (χ3v) is 6.16. The highest BCUT2D eigenvalue weighted by atomic mass is 79.9. The number of rotatable bonds is 7. The Morgan fingerprint density at radius 3 is 2.12 bits per heavy atom. The quantitative estimate of drug-likeness (QED) is 0.671. The van der Waals surface area contributed by atoms with Gasteiger partial charge in [-0.1, -0.05) is 0 Å². The van der Waals surface area contributed by atoms with E-state index >= 15 is 0 Å². The van der Waals surface area contributed by atoms with Gasteiger partial charge in [-0.2, -0.15) is 0 Å². The molecule has 8 heteroatoms. The fourth-order valence-electron chi connectivity index (χ4n) is 2.40. The third kappa shape index (κ3) is 3.85. The first kappa shape index (κ1) is 19.4. The molecule has 0 aliphatic heterocycles. The van der Waals surface area contributed by atoms with Gasteiger partial charge in [0.2, 0.25) is 0 Å². The van der Waals surface area contributed by atoms with Gasteiger partial charge in [0, 0.05) is 12.6 Å². The lowest BCUT2D eigenvalue weighted by atomic mass is 10.2. The highest BCUT2D eigenvalue weighted by Gasteiger charge is 2.27. The maximum Gasteiger partial charge on any atom is 0.264 e.